The van der Waals surface area contributed by atoms with Gasteiger partial charge in [-0.05, 0) is 6.92 Å². The van der Waals surface area contributed by atoms with Gasteiger partial charge >= 0.3 is 5.97 Å². The van der Waals surface area contributed by atoms with E-state index in [2.05, 4.69) is 9.68 Å². The minimum absolute atomic E-state index is 0.120. The van der Waals surface area contributed by atoms with Gasteiger partial charge in [0, 0.05) is 0 Å². The third-order valence-electron chi connectivity index (χ3n) is 0.981. The van der Waals surface area contributed by atoms with Crippen molar-refractivity contribution in [3.05, 3.63) is 17.5 Å². The Morgan fingerprint density at radius 1 is 1.89 bits per heavy atom. The number of hydrogen-bond acceptors (Lipinski definition) is 3. The molecular weight excluding hydrogens is 126 g/mol. The van der Waals surface area contributed by atoms with Crippen molar-refractivity contribution in [2.45, 2.75) is 6.92 Å². The van der Waals surface area contributed by atoms with Gasteiger partial charge in [0.1, 0.15) is 11.3 Å². The van der Waals surface area contributed by atoms with Crippen molar-refractivity contribution in [3.8, 4) is 0 Å². The third kappa shape index (κ3) is 0.910. The largest absolute Gasteiger partial charge is 0.478 e. The van der Waals surface area contributed by atoms with Crippen LogP contribution in [0.1, 0.15) is 16.1 Å². The van der Waals surface area contributed by atoms with Crippen molar-refractivity contribution < 1.29 is 14.4 Å². The molecule has 0 atom stereocenters. The molecule has 0 aliphatic rings. The summed E-state index contributed by atoms with van der Waals surface area (Å²) in [7, 11) is 0. The van der Waals surface area contributed by atoms with Crippen LogP contribution < -0.4 is 0 Å². The maximum Gasteiger partial charge on any atom is 0.340 e. The summed E-state index contributed by atoms with van der Waals surface area (Å²) in [4.78, 5) is 10.2. The van der Waals surface area contributed by atoms with E-state index in [-0.39, 0.29) is 5.56 Å². The number of aromatic carboxylic acids is 1. The van der Waals surface area contributed by atoms with E-state index in [4.69, 9.17) is 5.11 Å². The zero-order valence-electron chi connectivity index (χ0n) is 4.79. The number of carbonyl (C=O) groups is 1. The molecule has 4 nitrogen and oxygen atoms in total. The summed E-state index contributed by atoms with van der Waals surface area (Å²) in [5.41, 5.74) is 0.120. The van der Waals surface area contributed by atoms with Crippen LogP contribution in [0.5, 0.6) is 0 Å². The van der Waals surface area contributed by atoms with E-state index in [1.807, 2.05) is 0 Å². The highest BCUT2D eigenvalue weighted by Gasteiger charge is 2.09. The van der Waals surface area contributed by atoms with Gasteiger partial charge in [-0.15, -0.1) is 0 Å². The molecule has 0 saturated carbocycles. The fourth-order valence-electron chi connectivity index (χ4n) is 0.504. The fourth-order valence-corrected chi connectivity index (χ4v) is 0.504. The smallest absolute Gasteiger partial charge is 0.340 e. The summed E-state index contributed by atoms with van der Waals surface area (Å²) in [6, 6.07) is 0. The van der Waals surface area contributed by atoms with Crippen LogP contribution in [0.3, 0.4) is 0 Å². The van der Waals surface area contributed by atoms with E-state index < -0.39 is 5.97 Å². The van der Waals surface area contributed by atoms with Gasteiger partial charge in [-0.2, -0.15) is 0 Å². The summed E-state index contributed by atoms with van der Waals surface area (Å²) in [5, 5.41) is 11.6. The Balaban J connectivity index is 3.08. The first kappa shape index (κ1) is 5.81. The molecule has 1 rings (SSSR count). The van der Waals surface area contributed by atoms with Gasteiger partial charge in [0.2, 0.25) is 0 Å². The predicted octanol–water partition coefficient (Wildman–Crippen LogP) is 0.681. The van der Waals surface area contributed by atoms with Crippen LogP contribution in [0, 0.1) is 6.92 Å². The number of aromatic nitrogens is 1. The number of nitrogens with zero attached hydrogens (tertiary/aromatic N) is 1. The Kier molecular flexibility index (Phi) is 1.22. The Hall–Kier alpha value is -1.32. The van der Waals surface area contributed by atoms with Gasteiger partial charge in [-0.1, -0.05) is 5.16 Å². The number of carboxylic acid groups (broad SMARTS) is 1. The van der Waals surface area contributed by atoms with E-state index in [0.29, 0.717) is 5.76 Å². The van der Waals surface area contributed by atoms with Crippen molar-refractivity contribution >= 4 is 5.97 Å². The fraction of sp³-hybridized carbons (Fsp3) is 0.200. The first-order valence-electron chi connectivity index (χ1n) is 2.36. The van der Waals surface area contributed by atoms with E-state index in [9.17, 15) is 4.79 Å². The number of carboxylic acids is 1. The molecule has 0 saturated heterocycles. The molecule has 1 N–H and O–H groups in total. The molecule has 0 fully saturated rings. The minimum atomic E-state index is -1.01. The molecule has 1 aromatic heterocycles. The Labute approximate surface area is 51.1 Å². The zero-order chi connectivity index (χ0) is 6.85. The molecule has 0 radical (unpaired) electrons. The molecule has 4 heteroatoms. The molecule has 0 unspecified atom stereocenters. The summed E-state index contributed by atoms with van der Waals surface area (Å²) in [6.45, 7) is 1.55. The maximum absolute atomic E-state index is 10.2. The number of aryl methyl sites for hydroxylation is 1. The first-order valence-corrected chi connectivity index (χ1v) is 2.36. The summed E-state index contributed by atoms with van der Waals surface area (Å²) < 4.78 is 4.49. The second-order valence-electron chi connectivity index (χ2n) is 1.60. The van der Waals surface area contributed by atoms with Gasteiger partial charge in [0.15, 0.2) is 0 Å². The standard InChI is InChI=1S/C5H5NO3/c1-3-4(5(7)8)2-6-9-3/h2H,1H3,(H,7,8)/i1+1,3+1,4+1,5+1. The van der Waals surface area contributed by atoms with E-state index in [0.717, 1.165) is 0 Å². The molecule has 0 amide bonds. The van der Waals surface area contributed by atoms with E-state index in [1.165, 1.54) is 6.20 Å². The molecule has 0 aromatic carbocycles. The third-order valence-corrected chi connectivity index (χ3v) is 0.981. The minimum Gasteiger partial charge on any atom is -0.478 e. The normalized spacial score (nSPS) is 9.44. The Morgan fingerprint density at radius 3 is 2.78 bits per heavy atom. The van der Waals surface area contributed by atoms with Crippen LogP contribution in [-0.4, -0.2) is 16.2 Å². The summed E-state index contributed by atoms with van der Waals surface area (Å²) >= 11 is 0. The molecule has 1 heterocycles. The van der Waals surface area contributed by atoms with Crippen molar-refractivity contribution in [1.82, 2.24) is 5.16 Å². The predicted molar refractivity (Wildman–Crippen MR) is 28.2 cm³/mol. The lowest BCUT2D eigenvalue weighted by Gasteiger charge is -1.82. The molecule has 9 heavy (non-hydrogen) atoms. The highest BCUT2D eigenvalue weighted by Crippen LogP contribution is 2.03. The monoisotopic (exact) mass is 131 g/mol. The lowest BCUT2D eigenvalue weighted by Crippen LogP contribution is -1.94. The number of hydrogen-bond donors (Lipinski definition) is 1. The van der Waals surface area contributed by atoms with Crippen LogP contribution in [0.25, 0.3) is 0 Å². The van der Waals surface area contributed by atoms with E-state index >= 15 is 0 Å². The highest BCUT2D eigenvalue weighted by molar-refractivity contribution is 5.88. The van der Waals surface area contributed by atoms with Crippen LogP contribution in [0.4, 0.5) is 0 Å². The van der Waals surface area contributed by atoms with Gasteiger partial charge < -0.3 is 9.63 Å². The van der Waals surface area contributed by atoms with Crippen LogP contribution in [0.2, 0.25) is 0 Å². The van der Waals surface area contributed by atoms with Crippen molar-refractivity contribution in [2.24, 2.45) is 0 Å². The second-order valence-corrected chi connectivity index (χ2v) is 1.60. The van der Waals surface area contributed by atoms with Gasteiger partial charge in [-0.25, -0.2) is 4.79 Å². The average molecular weight is 131 g/mol. The quantitative estimate of drug-likeness (QED) is 0.569. The van der Waals surface area contributed by atoms with Crippen molar-refractivity contribution in [3.63, 3.8) is 0 Å². The van der Waals surface area contributed by atoms with Crippen LogP contribution >= 0.6 is 0 Å². The summed E-state index contributed by atoms with van der Waals surface area (Å²) in [5.74, 6) is -0.670. The number of rotatable bonds is 1. The molecule has 0 spiro atoms. The van der Waals surface area contributed by atoms with Crippen LogP contribution in [0.15, 0.2) is 10.7 Å². The average Bonchev–Trinajstić information content (AvgIpc) is 2.13. The molecular formula is C5H5NO3. The van der Waals surface area contributed by atoms with Gasteiger partial charge in [0.25, 0.3) is 0 Å². The van der Waals surface area contributed by atoms with E-state index in [1.54, 1.807) is 6.92 Å². The zero-order valence-corrected chi connectivity index (χ0v) is 4.79. The van der Waals surface area contributed by atoms with Crippen molar-refractivity contribution in [1.29, 1.82) is 0 Å². The molecule has 48 valence electrons. The lowest BCUT2D eigenvalue weighted by molar-refractivity contribution is 0.0695. The molecule has 0 aliphatic carbocycles. The summed E-state index contributed by atoms with van der Waals surface area (Å²) in [6.07, 6.45) is 1.18. The lowest BCUT2D eigenvalue weighted by atomic mass is 11.0. The first-order chi connectivity index (χ1) is 4.22. The van der Waals surface area contributed by atoms with Gasteiger partial charge in [0.05, 0.1) is 6.20 Å². The SMILES string of the molecule is [13CH3][13c]1onc[13c]1[13C](=O)O. The topological polar surface area (TPSA) is 63.3 Å². The van der Waals surface area contributed by atoms with Gasteiger partial charge in [-0.3, -0.25) is 0 Å². The maximum atomic E-state index is 10.2. The molecule has 0 aliphatic heterocycles. The van der Waals surface area contributed by atoms with Crippen molar-refractivity contribution in [2.75, 3.05) is 0 Å². The molecule has 1 aromatic rings. The Morgan fingerprint density at radius 2 is 2.56 bits per heavy atom. The van der Waals surface area contributed by atoms with Crippen LogP contribution in [-0.2, 0) is 0 Å². The highest BCUT2D eigenvalue weighted by atomic mass is 16.5. The second kappa shape index (κ2) is 1.89. The molecule has 0 bridgehead atoms. The Bertz CT molecular complexity index is 228.